The van der Waals surface area contributed by atoms with E-state index in [2.05, 4.69) is 4.99 Å². The Hall–Kier alpha value is -3.22. The van der Waals surface area contributed by atoms with Crippen LogP contribution in [0, 0.1) is 11.7 Å². The fourth-order valence-electron chi connectivity index (χ4n) is 4.28. The molecule has 2 aromatic carbocycles. The van der Waals surface area contributed by atoms with Gasteiger partial charge in [0.2, 0.25) is 0 Å². The lowest BCUT2D eigenvalue weighted by molar-refractivity contribution is -0.131. The summed E-state index contributed by atoms with van der Waals surface area (Å²) >= 11 is 0. The fraction of sp³-hybridized carbons (Fsp3) is 0.423. The number of amides is 1. The molecule has 0 spiro atoms. The van der Waals surface area contributed by atoms with Gasteiger partial charge in [0, 0.05) is 12.8 Å². The van der Waals surface area contributed by atoms with Gasteiger partial charge in [-0.2, -0.15) is 0 Å². The number of carbonyl (C=O) groups is 2. The lowest BCUT2D eigenvalue weighted by atomic mass is 9.91. The first-order valence-electron chi connectivity index (χ1n) is 11.2. The third kappa shape index (κ3) is 5.97. The molecule has 33 heavy (non-hydrogen) atoms. The molecule has 0 radical (unpaired) electrons. The van der Waals surface area contributed by atoms with Crippen molar-refractivity contribution < 1.29 is 18.7 Å². The standard InChI is InChI=1S/C26H32FN3O3/c1-17(2)15-26(3)24(32)30(25(28)29-26)16-19-8-9-20(23(27)14-19)10-11-21(31)12-18-6-5-7-22(13-18)33-4/h5-9,13-14,17H,10-12,15-16H2,1-4H3,(H2,28,29). The maximum Gasteiger partial charge on any atom is 0.257 e. The van der Waals surface area contributed by atoms with Gasteiger partial charge < -0.3 is 10.5 Å². The van der Waals surface area contributed by atoms with E-state index in [9.17, 15) is 14.0 Å². The highest BCUT2D eigenvalue weighted by atomic mass is 19.1. The Bertz CT molecular complexity index is 1070. The average molecular weight is 454 g/mol. The van der Waals surface area contributed by atoms with E-state index in [1.807, 2.05) is 38.1 Å². The van der Waals surface area contributed by atoms with E-state index in [1.165, 1.54) is 11.0 Å². The Kier molecular flexibility index (Phi) is 7.51. The van der Waals surface area contributed by atoms with Crippen LogP contribution in [0.15, 0.2) is 47.5 Å². The predicted molar refractivity (Wildman–Crippen MR) is 126 cm³/mol. The largest absolute Gasteiger partial charge is 0.497 e. The highest BCUT2D eigenvalue weighted by Gasteiger charge is 2.44. The van der Waals surface area contributed by atoms with Crippen LogP contribution in [0.4, 0.5) is 4.39 Å². The highest BCUT2D eigenvalue weighted by molar-refractivity contribution is 6.06. The van der Waals surface area contributed by atoms with Gasteiger partial charge in [0.15, 0.2) is 5.96 Å². The van der Waals surface area contributed by atoms with Gasteiger partial charge in [-0.3, -0.25) is 14.5 Å². The Morgan fingerprint density at radius 1 is 1.21 bits per heavy atom. The number of methoxy groups -OCH3 is 1. The van der Waals surface area contributed by atoms with Crippen molar-refractivity contribution in [2.24, 2.45) is 16.6 Å². The molecule has 176 valence electrons. The predicted octanol–water partition coefficient (Wildman–Crippen LogP) is 4.04. The number of ether oxygens (including phenoxy) is 1. The Morgan fingerprint density at radius 3 is 2.64 bits per heavy atom. The molecular formula is C26H32FN3O3. The van der Waals surface area contributed by atoms with Crippen LogP contribution in [-0.4, -0.2) is 35.2 Å². The summed E-state index contributed by atoms with van der Waals surface area (Å²) in [5.74, 6) is 0.626. The fourth-order valence-corrected chi connectivity index (χ4v) is 4.28. The van der Waals surface area contributed by atoms with Crippen LogP contribution in [0.5, 0.6) is 5.75 Å². The monoisotopic (exact) mass is 453 g/mol. The molecule has 3 rings (SSSR count). The molecule has 2 aromatic rings. The summed E-state index contributed by atoms with van der Waals surface area (Å²) in [5, 5.41) is 0. The third-order valence-corrected chi connectivity index (χ3v) is 5.82. The van der Waals surface area contributed by atoms with Crippen LogP contribution in [0.1, 0.15) is 50.3 Å². The normalized spacial score (nSPS) is 18.1. The number of nitrogens with two attached hydrogens (primary N) is 1. The Labute approximate surface area is 194 Å². The van der Waals surface area contributed by atoms with Crippen molar-refractivity contribution >= 4 is 17.6 Å². The third-order valence-electron chi connectivity index (χ3n) is 5.82. The van der Waals surface area contributed by atoms with Gasteiger partial charge in [-0.05, 0) is 60.6 Å². The molecule has 1 aliphatic rings. The number of rotatable bonds is 10. The van der Waals surface area contributed by atoms with Crippen LogP contribution in [0.25, 0.3) is 0 Å². The number of hydrogen-bond acceptors (Lipinski definition) is 5. The molecule has 0 aromatic heterocycles. The van der Waals surface area contributed by atoms with Gasteiger partial charge in [0.1, 0.15) is 22.9 Å². The highest BCUT2D eigenvalue weighted by Crippen LogP contribution is 2.29. The topological polar surface area (TPSA) is 85.0 Å². The first kappa shape index (κ1) is 24.4. The molecule has 1 unspecified atom stereocenters. The van der Waals surface area contributed by atoms with Crippen molar-refractivity contribution in [1.29, 1.82) is 0 Å². The molecule has 1 heterocycles. The summed E-state index contributed by atoms with van der Waals surface area (Å²) in [6.07, 6.45) is 1.43. The van der Waals surface area contributed by atoms with E-state index < -0.39 is 11.4 Å². The summed E-state index contributed by atoms with van der Waals surface area (Å²) < 4.78 is 19.9. The molecule has 6 nitrogen and oxygen atoms in total. The van der Waals surface area contributed by atoms with Crippen LogP contribution in [-0.2, 0) is 29.0 Å². The number of nitrogens with zero attached hydrogens (tertiary/aromatic N) is 2. The number of aliphatic imine (C=N–C) groups is 1. The Balaban J connectivity index is 1.59. The van der Waals surface area contributed by atoms with E-state index in [-0.39, 0.29) is 37.0 Å². The molecule has 0 fully saturated rings. The zero-order valence-electron chi connectivity index (χ0n) is 19.7. The van der Waals surface area contributed by atoms with E-state index in [1.54, 1.807) is 26.2 Å². The zero-order chi connectivity index (χ0) is 24.2. The smallest absolute Gasteiger partial charge is 0.257 e. The number of halogens is 1. The zero-order valence-corrected chi connectivity index (χ0v) is 19.7. The number of Topliss-reactive ketones (excluding diaryl/α,β-unsaturated/α-hetero) is 1. The number of ketones is 1. The summed E-state index contributed by atoms with van der Waals surface area (Å²) in [7, 11) is 1.58. The van der Waals surface area contributed by atoms with Crippen molar-refractivity contribution in [1.82, 2.24) is 4.90 Å². The summed E-state index contributed by atoms with van der Waals surface area (Å²) in [6, 6.07) is 12.2. The lowest BCUT2D eigenvalue weighted by Crippen LogP contribution is -2.43. The second-order valence-corrected chi connectivity index (χ2v) is 9.23. The minimum absolute atomic E-state index is 0.0304. The van der Waals surface area contributed by atoms with Crippen LogP contribution in [0.2, 0.25) is 0 Å². The van der Waals surface area contributed by atoms with Crippen molar-refractivity contribution in [3.05, 3.63) is 65.0 Å². The number of carbonyl (C=O) groups excluding carboxylic acids is 2. The van der Waals surface area contributed by atoms with Gasteiger partial charge in [0.05, 0.1) is 13.7 Å². The molecule has 7 heteroatoms. The van der Waals surface area contributed by atoms with Crippen LogP contribution in [0.3, 0.4) is 0 Å². The summed E-state index contributed by atoms with van der Waals surface area (Å²) in [6.45, 7) is 6.01. The number of aryl methyl sites for hydroxylation is 1. The molecule has 0 saturated carbocycles. The van der Waals surface area contributed by atoms with Gasteiger partial charge >= 0.3 is 0 Å². The number of guanidine groups is 1. The maximum atomic E-state index is 14.7. The second-order valence-electron chi connectivity index (χ2n) is 9.23. The maximum absolute atomic E-state index is 14.7. The quantitative estimate of drug-likeness (QED) is 0.588. The summed E-state index contributed by atoms with van der Waals surface area (Å²) in [5.41, 5.74) is 7.10. The van der Waals surface area contributed by atoms with Gasteiger partial charge in [-0.1, -0.05) is 38.1 Å². The molecule has 1 aliphatic heterocycles. The minimum Gasteiger partial charge on any atom is -0.497 e. The van der Waals surface area contributed by atoms with Gasteiger partial charge in [-0.25, -0.2) is 9.38 Å². The van der Waals surface area contributed by atoms with Crippen LogP contribution >= 0.6 is 0 Å². The lowest BCUT2D eigenvalue weighted by Gasteiger charge is -2.23. The minimum atomic E-state index is -0.875. The second kappa shape index (κ2) is 10.1. The first-order valence-corrected chi connectivity index (χ1v) is 11.2. The van der Waals surface area contributed by atoms with Gasteiger partial charge in [0.25, 0.3) is 5.91 Å². The van der Waals surface area contributed by atoms with Crippen molar-refractivity contribution in [2.75, 3.05) is 7.11 Å². The number of hydrogen-bond donors (Lipinski definition) is 1. The van der Waals surface area contributed by atoms with Crippen molar-refractivity contribution in [3.8, 4) is 5.75 Å². The molecular weight excluding hydrogens is 421 g/mol. The van der Waals surface area contributed by atoms with Crippen molar-refractivity contribution in [3.63, 3.8) is 0 Å². The molecule has 2 N–H and O–H groups in total. The van der Waals surface area contributed by atoms with E-state index in [0.29, 0.717) is 35.6 Å². The first-order chi connectivity index (χ1) is 15.6. The van der Waals surface area contributed by atoms with E-state index in [0.717, 1.165) is 5.56 Å². The molecule has 0 bridgehead atoms. The molecule has 0 saturated heterocycles. The van der Waals surface area contributed by atoms with E-state index >= 15 is 0 Å². The molecule has 0 aliphatic carbocycles. The van der Waals surface area contributed by atoms with Crippen molar-refractivity contribution in [2.45, 2.75) is 58.5 Å². The van der Waals surface area contributed by atoms with Gasteiger partial charge in [-0.15, -0.1) is 0 Å². The molecule has 1 atom stereocenters. The SMILES string of the molecule is COc1cccc(CC(=O)CCc2ccc(CN3C(=O)C(C)(CC(C)C)N=C3N)cc2F)c1. The number of benzene rings is 2. The average Bonchev–Trinajstić information content (AvgIpc) is 2.95. The Morgan fingerprint density at radius 2 is 1.97 bits per heavy atom. The summed E-state index contributed by atoms with van der Waals surface area (Å²) in [4.78, 5) is 31.1. The molecule has 1 amide bonds. The van der Waals surface area contributed by atoms with E-state index in [4.69, 9.17) is 10.5 Å². The van der Waals surface area contributed by atoms with Crippen LogP contribution < -0.4 is 10.5 Å².